The van der Waals surface area contributed by atoms with Gasteiger partial charge in [-0.15, -0.1) is 16.5 Å². The number of benzene rings is 1. The third-order valence-corrected chi connectivity index (χ3v) is 5.37. The second-order valence-corrected chi connectivity index (χ2v) is 7.00. The van der Waals surface area contributed by atoms with Crippen LogP contribution in [0.4, 0.5) is 5.82 Å². The molecule has 0 saturated carbocycles. The number of azo groups is 1. The number of aromatic nitrogens is 3. The summed E-state index contributed by atoms with van der Waals surface area (Å²) in [6, 6.07) is 13.7. The second-order valence-electron chi connectivity index (χ2n) is 5.98. The Labute approximate surface area is 171 Å². The molecule has 7 nitrogen and oxygen atoms in total. The quantitative estimate of drug-likeness (QED) is 0.409. The van der Waals surface area contributed by atoms with Gasteiger partial charge >= 0.3 is 0 Å². The fourth-order valence-corrected chi connectivity index (χ4v) is 4.03. The summed E-state index contributed by atoms with van der Waals surface area (Å²) >= 11 is 1.42. The van der Waals surface area contributed by atoms with Crippen molar-refractivity contribution < 1.29 is 4.74 Å². The number of ether oxygens (including phenoxy) is 1. The Kier molecular flexibility index (Phi) is 5.49. The molecule has 0 radical (unpaired) electrons. The second kappa shape index (κ2) is 8.54. The van der Waals surface area contributed by atoms with Gasteiger partial charge in [-0.25, -0.2) is 9.97 Å². The van der Waals surface area contributed by atoms with Crippen molar-refractivity contribution in [3.63, 3.8) is 0 Å². The minimum absolute atomic E-state index is 0.421. The van der Waals surface area contributed by atoms with E-state index in [1.807, 2.05) is 43.3 Å². The zero-order valence-corrected chi connectivity index (χ0v) is 16.4. The molecule has 29 heavy (non-hydrogen) atoms. The number of nitrogens with zero attached hydrogens (tertiary/aromatic N) is 6. The average Bonchev–Trinajstić information content (AvgIpc) is 3.14. The maximum atomic E-state index is 9.80. The van der Waals surface area contributed by atoms with Crippen LogP contribution < -0.4 is 4.74 Å². The van der Waals surface area contributed by atoms with Crippen molar-refractivity contribution in [3.05, 3.63) is 66.2 Å². The lowest BCUT2D eigenvalue weighted by atomic mass is 10.1. The normalized spacial score (nSPS) is 11.0. The van der Waals surface area contributed by atoms with Gasteiger partial charge in [0.15, 0.2) is 5.82 Å². The van der Waals surface area contributed by atoms with Crippen LogP contribution in [0.2, 0.25) is 0 Å². The highest BCUT2D eigenvalue weighted by Gasteiger charge is 2.20. The first-order chi connectivity index (χ1) is 14.3. The zero-order valence-electron chi connectivity index (χ0n) is 15.6. The first kappa shape index (κ1) is 18.7. The van der Waals surface area contributed by atoms with Gasteiger partial charge in [0.1, 0.15) is 28.4 Å². The molecule has 3 heterocycles. The van der Waals surface area contributed by atoms with Crippen molar-refractivity contribution >= 4 is 27.4 Å². The molecule has 0 N–H and O–H groups in total. The first-order valence-electron chi connectivity index (χ1n) is 8.98. The van der Waals surface area contributed by atoms with E-state index < -0.39 is 0 Å². The molecule has 0 fully saturated rings. The summed E-state index contributed by atoms with van der Waals surface area (Å²) in [5.74, 6) is 1.18. The van der Waals surface area contributed by atoms with Gasteiger partial charge in [0.05, 0.1) is 23.6 Å². The standard InChI is InChI=1S/C21H16N6OS/c1-2-28-17-6-4-3-5-15(17)19-16(11-22)18-20(29-19)21(25-13-24-18)27-26-12-14-7-9-23-10-8-14/h3-10,13H,2,12H2,1H3. The molecule has 0 aliphatic rings. The van der Waals surface area contributed by atoms with E-state index in [0.29, 0.717) is 30.0 Å². The lowest BCUT2D eigenvalue weighted by molar-refractivity contribution is 0.341. The largest absolute Gasteiger partial charge is 0.493 e. The third kappa shape index (κ3) is 3.81. The number of hydrogen-bond acceptors (Lipinski definition) is 8. The Morgan fingerprint density at radius 3 is 2.76 bits per heavy atom. The van der Waals surface area contributed by atoms with E-state index in [-0.39, 0.29) is 0 Å². The lowest BCUT2D eigenvalue weighted by Crippen LogP contribution is -1.93. The molecule has 0 spiro atoms. The maximum absolute atomic E-state index is 9.80. The van der Waals surface area contributed by atoms with E-state index in [4.69, 9.17) is 4.74 Å². The van der Waals surface area contributed by atoms with Crippen LogP contribution in [0.5, 0.6) is 5.75 Å². The van der Waals surface area contributed by atoms with Crippen LogP contribution in [0, 0.1) is 11.3 Å². The summed E-state index contributed by atoms with van der Waals surface area (Å²) in [6.07, 6.45) is 4.84. The van der Waals surface area contributed by atoms with Crippen LogP contribution in [0.3, 0.4) is 0 Å². The van der Waals surface area contributed by atoms with E-state index in [0.717, 1.165) is 26.5 Å². The van der Waals surface area contributed by atoms with Gasteiger partial charge in [0.25, 0.3) is 0 Å². The SMILES string of the molecule is CCOc1ccccc1-c1sc2c(N=NCc3ccncc3)ncnc2c1C#N. The van der Waals surface area contributed by atoms with Crippen molar-refractivity contribution in [2.24, 2.45) is 10.2 Å². The molecule has 4 rings (SSSR count). The zero-order chi connectivity index (χ0) is 20.1. The Morgan fingerprint density at radius 1 is 1.14 bits per heavy atom. The Hall–Kier alpha value is -3.70. The molecule has 1 aromatic carbocycles. The number of rotatable bonds is 6. The van der Waals surface area contributed by atoms with Crippen LogP contribution in [-0.2, 0) is 6.54 Å². The fraction of sp³-hybridized carbons (Fsp3) is 0.143. The smallest absolute Gasteiger partial charge is 0.195 e. The van der Waals surface area contributed by atoms with Crippen LogP contribution in [0.15, 0.2) is 65.3 Å². The van der Waals surface area contributed by atoms with E-state index in [2.05, 4.69) is 31.2 Å². The molecule has 3 aromatic heterocycles. The summed E-state index contributed by atoms with van der Waals surface area (Å²) < 4.78 is 6.47. The molecule has 0 saturated heterocycles. The van der Waals surface area contributed by atoms with Crippen molar-refractivity contribution in [2.45, 2.75) is 13.5 Å². The molecule has 4 aromatic rings. The van der Waals surface area contributed by atoms with Gasteiger partial charge in [-0.1, -0.05) is 12.1 Å². The Balaban J connectivity index is 1.77. The first-order valence-corrected chi connectivity index (χ1v) is 9.79. The van der Waals surface area contributed by atoms with E-state index >= 15 is 0 Å². The van der Waals surface area contributed by atoms with Gasteiger partial charge in [-0.3, -0.25) is 4.98 Å². The monoisotopic (exact) mass is 400 g/mol. The molecule has 0 aliphatic heterocycles. The summed E-state index contributed by atoms with van der Waals surface area (Å²) in [4.78, 5) is 13.4. The van der Waals surface area contributed by atoms with Crippen LogP contribution in [-0.4, -0.2) is 21.6 Å². The molecule has 0 amide bonds. The average molecular weight is 400 g/mol. The Morgan fingerprint density at radius 2 is 1.97 bits per heavy atom. The predicted octanol–water partition coefficient (Wildman–Crippen LogP) is 5.31. The molecular formula is C21H16N6OS. The number of nitriles is 1. The highest BCUT2D eigenvalue weighted by Crippen LogP contribution is 2.43. The summed E-state index contributed by atoms with van der Waals surface area (Å²) in [6.45, 7) is 2.89. The van der Waals surface area contributed by atoms with Gasteiger partial charge < -0.3 is 4.74 Å². The van der Waals surface area contributed by atoms with Gasteiger partial charge in [0.2, 0.25) is 0 Å². The van der Waals surface area contributed by atoms with Gasteiger partial charge in [0, 0.05) is 18.0 Å². The molecular weight excluding hydrogens is 384 g/mol. The highest BCUT2D eigenvalue weighted by molar-refractivity contribution is 7.23. The van der Waals surface area contributed by atoms with E-state index in [9.17, 15) is 5.26 Å². The van der Waals surface area contributed by atoms with Crippen molar-refractivity contribution in [3.8, 4) is 22.3 Å². The number of fused-ring (bicyclic) bond motifs is 1. The summed E-state index contributed by atoms with van der Waals surface area (Å²) in [5, 5.41) is 18.3. The molecule has 142 valence electrons. The topological polar surface area (TPSA) is 96.4 Å². The van der Waals surface area contributed by atoms with Crippen LogP contribution in [0.1, 0.15) is 18.1 Å². The van der Waals surface area contributed by atoms with E-state index in [1.54, 1.807) is 12.4 Å². The Bertz CT molecular complexity index is 1210. The third-order valence-electron chi connectivity index (χ3n) is 4.16. The lowest BCUT2D eigenvalue weighted by Gasteiger charge is -2.08. The van der Waals surface area contributed by atoms with Gasteiger partial charge in [-0.05, 0) is 36.8 Å². The van der Waals surface area contributed by atoms with Crippen molar-refractivity contribution in [1.82, 2.24) is 15.0 Å². The highest BCUT2D eigenvalue weighted by atomic mass is 32.1. The molecule has 0 aliphatic carbocycles. The maximum Gasteiger partial charge on any atom is 0.195 e. The molecule has 0 atom stereocenters. The predicted molar refractivity (Wildman–Crippen MR) is 111 cm³/mol. The summed E-state index contributed by atoms with van der Waals surface area (Å²) in [5.41, 5.74) is 2.93. The minimum Gasteiger partial charge on any atom is -0.493 e. The van der Waals surface area contributed by atoms with Crippen molar-refractivity contribution in [1.29, 1.82) is 5.26 Å². The summed E-state index contributed by atoms with van der Waals surface area (Å²) in [7, 11) is 0. The van der Waals surface area contributed by atoms with Crippen LogP contribution in [0.25, 0.3) is 20.7 Å². The van der Waals surface area contributed by atoms with E-state index in [1.165, 1.54) is 17.7 Å². The molecule has 0 bridgehead atoms. The van der Waals surface area contributed by atoms with Gasteiger partial charge in [-0.2, -0.15) is 10.4 Å². The fourth-order valence-electron chi connectivity index (χ4n) is 2.87. The minimum atomic E-state index is 0.421. The molecule has 0 unspecified atom stereocenters. The number of pyridine rings is 1. The van der Waals surface area contributed by atoms with Crippen molar-refractivity contribution in [2.75, 3.05) is 6.61 Å². The number of para-hydroxylation sites is 1. The van der Waals surface area contributed by atoms with Crippen LogP contribution >= 0.6 is 11.3 Å². The number of hydrogen-bond donors (Lipinski definition) is 0. The molecule has 8 heteroatoms. The number of thiophene rings is 1.